The van der Waals surface area contributed by atoms with Gasteiger partial charge in [-0.15, -0.1) is 0 Å². The van der Waals surface area contributed by atoms with Gasteiger partial charge in [-0.05, 0) is 43.9 Å². The molecule has 0 aliphatic carbocycles. The molecular formula is C14H16Cl2O2. The normalized spacial score (nSPS) is 19.1. The maximum Gasteiger partial charge on any atom is 0.164 e. The molecule has 18 heavy (non-hydrogen) atoms. The van der Waals surface area contributed by atoms with Crippen LogP contribution >= 0.6 is 23.2 Å². The maximum atomic E-state index is 12.0. The summed E-state index contributed by atoms with van der Waals surface area (Å²) in [5.41, 5.74) is 0.525. The lowest BCUT2D eigenvalue weighted by Crippen LogP contribution is -2.07. The number of benzene rings is 1. The van der Waals surface area contributed by atoms with Gasteiger partial charge in [-0.25, -0.2) is 0 Å². The van der Waals surface area contributed by atoms with Gasteiger partial charge in [-0.1, -0.05) is 23.2 Å². The van der Waals surface area contributed by atoms with Gasteiger partial charge in [0.05, 0.1) is 11.1 Å². The van der Waals surface area contributed by atoms with E-state index in [1.54, 1.807) is 18.2 Å². The van der Waals surface area contributed by atoms with Gasteiger partial charge in [-0.3, -0.25) is 4.79 Å². The van der Waals surface area contributed by atoms with Crippen molar-refractivity contribution in [3.63, 3.8) is 0 Å². The van der Waals surface area contributed by atoms with Crippen molar-refractivity contribution in [1.29, 1.82) is 0 Å². The molecule has 0 aromatic heterocycles. The first kappa shape index (κ1) is 13.9. The van der Waals surface area contributed by atoms with Crippen LogP contribution in [0.1, 0.15) is 42.5 Å². The van der Waals surface area contributed by atoms with Crippen molar-refractivity contribution in [3.8, 4) is 0 Å². The lowest BCUT2D eigenvalue weighted by atomic mass is 10.0. The van der Waals surface area contributed by atoms with Crippen LogP contribution in [0.25, 0.3) is 0 Å². The fourth-order valence-electron chi connectivity index (χ4n) is 2.21. The fourth-order valence-corrected chi connectivity index (χ4v) is 2.60. The van der Waals surface area contributed by atoms with Crippen molar-refractivity contribution in [1.82, 2.24) is 0 Å². The summed E-state index contributed by atoms with van der Waals surface area (Å²) in [5, 5.41) is 1.02. The molecular weight excluding hydrogens is 271 g/mol. The second-order valence-electron chi connectivity index (χ2n) is 4.57. The molecule has 2 rings (SSSR count). The molecule has 98 valence electrons. The smallest absolute Gasteiger partial charge is 0.164 e. The number of rotatable bonds is 5. The summed E-state index contributed by atoms with van der Waals surface area (Å²) in [4.78, 5) is 12.0. The van der Waals surface area contributed by atoms with Crippen LogP contribution in [-0.4, -0.2) is 18.5 Å². The first-order valence-electron chi connectivity index (χ1n) is 6.26. The van der Waals surface area contributed by atoms with Gasteiger partial charge in [0.1, 0.15) is 0 Å². The molecule has 1 unspecified atom stereocenters. The first-order chi connectivity index (χ1) is 8.66. The second-order valence-corrected chi connectivity index (χ2v) is 5.42. The Labute approximate surface area is 117 Å². The van der Waals surface area contributed by atoms with Crippen LogP contribution < -0.4 is 0 Å². The molecule has 1 aliphatic rings. The van der Waals surface area contributed by atoms with Crippen LogP contribution in [0, 0.1) is 0 Å². The minimum absolute atomic E-state index is 0.0560. The number of ether oxygens (including phenoxy) is 1. The molecule has 1 fully saturated rings. The average molecular weight is 287 g/mol. The maximum absolute atomic E-state index is 12.0. The molecule has 0 saturated carbocycles. The number of Topliss-reactive ketones (excluding diaryl/α,β-unsaturated/α-hetero) is 1. The van der Waals surface area contributed by atoms with Crippen molar-refractivity contribution < 1.29 is 9.53 Å². The van der Waals surface area contributed by atoms with Crippen molar-refractivity contribution in [2.75, 3.05) is 6.61 Å². The van der Waals surface area contributed by atoms with Crippen LogP contribution in [0.5, 0.6) is 0 Å². The van der Waals surface area contributed by atoms with E-state index in [0.717, 1.165) is 32.3 Å². The molecule has 0 amide bonds. The molecule has 1 atom stereocenters. The van der Waals surface area contributed by atoms with Gasteiger partial charge in [0.15, 0.2) is 5.78 Å². The van der Waals surface area contributed by atoms with E-state index in [1.807, 2.05) is 0 Å². The summed E-state index contributed by atoms with van der Waals surface area (Å²) in [6, 6.07) is 4.99. The Bertz CT molecular complexity index is 426. The van der Waals surface area contributed by atoms with E-state index >= 15 is 0 Å². The largest absolute Gasteiger partial charge is 0.378 e. The lowest BCUT2D eigenvalue weighted by Gasteiger charge is -2.08. The number of carbonyl (C=O) groups excluding carboxylic acids is 1. The fraction of sp³-hybridized carbons (Fsp3) is 0.500. The Morgan fingerprint density at radius 3 is 2.94 bits per heavy atom. The molecule has 0 bridgehead atoms. The monoisotopic (exact) mass is 286 g/mol. The quantitative estimate of drug-likeness (QED) is 0.744. The van der Waals surface area contributed by atoms with Gasteiger partial charge >= 0.3 is 0 Å². The summed E-state index contributed by atoms with van der Waals surface area (Å²) in [7, 11) is 0. The minimum atomic E-state index is 0.0560. The molecule has 0 radical (unpaired) electrons. The summed E-state index contributed by atoms with van der Waals surface area (Å²) in [5.74, 6) is 0.0560. The highest BCUT2D eigenvalue weighted by Gasteiger charge is 2.16. The molecule has 1 saturated heterocycles. The zero-order chi connectivity index (χ0) is 13.0. The predicted octanol–water partition coefficient (Wildman–Crippen LogP) is 4.53. The molecule has 0 N–H and O–H groups in total. The predicted molar refractivity (Wildman–Crippen MR) is 73.6 cm³/mol. The van der Waals surface area contributed by atoms with Crippen LogP contribution in [0.2, 0.25) is 10.0 Å². The summed E-state index contributed by atoms with van der Waals surface area (Å²) in [6.45, 7) is 0.860. The van der Waals surface area contributed by atoms with Crippen LogP contribution in [-0.2, 0) is 4.74 Å². The zero-order valence-corrected chi connectivity index (χ0v) is 11.6. The Morgan fingerprint density at radius 1 is 1.39 bits per heavy atom. The van der Waals surface area contributed by atoms with Crippen molar-refractivity contribution in [3.05, 3.63) is 33.8 Å². The highest BCUT2D eigenvalue weighted by Crippen LogP contribution is 2.23. The highest BCUT2D eigenvalue weighted by atomic mass is 35.5. The van der Waals surface area contributed by atoms with Gasteiger partial charge < -0.3 is 4.74 Å². The van der Waals surface area contributed by atoms with E-state index in [0.29, 0.717) is 28.1 Å². The highest BCUT2D eigenvalue weighted by molar-refractivity contribution is 6.35. The van der Waals surface area contributed by atoms with Gasteiger partial charge in [0, 0.05) is 23.6 Å². The van der Waals surface area contributed by atoms with Crippen molar-refractivity contribution in [2.45, 2.75) is 38.2 Å². The summed E-state index contributed by atoms with van der Waals surface area (Å²) >= 11 is 11.9. The Balaban J connectivity index is 1.85. The van der Waals surface area contributed by atoms with Gasteiger partial charge in [0.25, 0.3) is 0 Å². The Morgan fingerprint density at radius 2 is 2.22 bits per heavy atom. The average Bonchev–Trinajstić information content (AvgIpc) is 2.85. The number of hydrogen-bond donors (Lipinski definition) is 0. The molecule has 1 aliphatic heterocycles. The van der Waals surface area contributed by atoms with Crippen molar-refractivity contribution in [2.24, 2.45) is 0 Å². The number of hydrogen-bond acceptors (Lipinski definition) is 2. The van der Waals surface area contributed by atoms with E-state index in [9.17, 15) is 4.79 Å². The van der Waals surface area contributed by atoms with Gasteiger partial charge in [-0.2, -0.15) is 0 Å². The number of carbonyl (C=O) groups is 1. The Kier molecular flexibility index (Phi) is 5.04. The van der Waals surface area contributed by atoms with Crippen LogP contribution in [0.4, 0.5) is 0 Å². The van der Waals surface area contributed by atoms with Crippen molar-refractivity contribution >= 4 is 29.0 Å². The standard InChI is InChI=1S/C14H16Cl2O2/c15-10-6-7-13(16)12(9-10)14(17)5-1-3-11-4-2-8-18-11/h6-7,9,11H,1-5,8H2. The third kappa shape index (κ3) is 3.71. The van der Waals surface area contributed by atoms with E-state index < -0.39 is 0 Å². The van der Waals surface area contributed by atoms with E-state index in [-0.39, 0.29) is 5.78 Å². The Hall–Kier alpha value is -0.570. The zero-order valence-electron chi connectivity index (χ0n) is 10.1. The number of halogens is 2. The molecule has 4 heteroatoms. The van der Waals surface area contributed by atoms with E-state index in [4.69, 9.17) is 27.9 Å². The summed E-state index contributed by atoms with van der Waals surface area (Å²) < 4.78 is 5.52. The SMILES string of the molecule is O=C(CCCC1CCCO1)c1cc(Cl)ccc1Cl. The van der Waals surface area contributed by atoms with E-state index in [2.05, 4.69) is 0 Å². The molecule has 2 nitrogen and oxygen atoms in total. The first-order valence-corrected chi connectivity index (χ1v) is 7.02. The topological polar surface area (TPSA) is 26.3 Å². The van der Waals surface area contributed by atoms with E-state index in [1.165, 1.54) is 0 Å². The molecule has 1 aromatic carbocycles. The van der Waals surface area contributed by atoms with Crippen LogP contribution in [0.3, 0.4) is 0 Å². The van der Waals surface area contributed by atoms with Gasteiger partial charge in [0.2, 0.25) is 0 Å². The minimum Gasteiger partial charge on any atom is -0.378 e. The second kappa shape index (κ2) is 6.55. The molecule has 1 aromatic rings. The third-order valence-electron chi connectivity index (χ3n) is 3.18. The summed E-state index contributed by atoms with van der Waals surface area (Å²) in [6.07, 6.45) is 4.88. The molecule has 0 spiro atoms. The third-order valence-corrected chi connectivity index (χ3v) is 3.75. The number of ketones is 1. The lowest BCUT2D eigenvalue weighted by molar-refractivity contribution is 0.0923. The molecule has 1 heterocycles. The van der Waals surface area contributed by atoms with Crippen LogP contribution in [0.15, 0.2) is 18.2 Å².